The molecule has 4 heteroatoms. The second-order valence-electron chi connectivity index (χ2n) is 6.32. The summed E-state index contributed by atoms with van der Waals surface area (Å²) in [4.78, 5) is 23.5. The molecule has 19 heavy (non-hydrogen) atoms. The predicted octanol–water partition coefficient (Wildman–Crippen LogP) is 2.72. The van der Waals surface area contributed by atoms with E-state index in [9.17, 15) is 14.7 Å². The zero-order valence-electron chi connectivity index (χ0n) is 11.8. The van der Waals surface area contributed by atoms with Gasteiger partial charge in [-0.15, -0.1) is 0 Å². The Bertz CT molecular complexity index is 343. The van der Waals surface area contributed by atoms with Gasteiger partial charge in [-0.25, -0.2) is 0 Å². The molecule has 0 aromatic rings. The average Bonchev–Trinajstić information content (AvgIpc) is 3.05. The Kier molecular flexibility index (Phi) is 4.48. The second kappa shape index (κ2) is 5.93. The molecule has 4 nitrogen and oxygen atoms in total. The Morgan fingerprint density at radius 1 is 1.32 bits per heavy atom. The lowest BCUT2D eigenvalue weighted by molar-refractivity contribution is -0.151. The maximum atomic E-state index is 12.1. The summed E-state index contributed by atoms with van der Waals surface area (Å²) < 4.78 is 0. The molecular weight excluding hydrogens is 242 g/mol. The molecule has 2 saturated carbocycles. The number of carbonyl (C=O) groups is 2. The van der Waals surface area contributed by atoms with Crippen LogP contribution in [0.2, 0.25) is 0 Å². The van der Waals surface area contributed by atoms with Crippen molar-refractivity contribution in [1.29, 1.82) is 0 Å². The van der Waals surface area contributed by atoms with Crippen LogP contribution in [-0.2, 0) is 9.59 Å². The zero-order valence-corrected chi connectivity index (χ0v) is 11.8. The summed E-state index contributed by atoms with van der Waals surface area (Å²) in [5.74, 6) is -0.0858. The number of rotatable bonds is 7. The number of carbonyl (C=O) groups excluding carboxylic acids is 1. The van der Waals surface area contributed by atoms with Crippen LogP contribution in [0.25, 0.3) is 0 Å². The lowest BCUT2D eigenvalue weighted by Gasteiger charge is -2.25. The molecule has 2 rings (SSSR count). The van der Waals surface area contributed by atoms with E-state index in [0.29, 0.717) is 12.8 Å². The maximum absolute atomic E-state index is 12.1. The Hall–Kier alpha value is -1.06. The fraction of sp³-hybridized carbons (Fsp3) is 0.867. The lowest BCUT2D eigenvalue weighted by Crippen LogP contribution is -2.40. The smallest absolute Gasteiger partial charge is 0.310 e. The summed E-state index contributed by atoms with van der Waals surface area (Å²) in [7, 11) is 0. The van der Waals surface area contributed by atoms with Gasteiger partial charge >= 0.3 is 5.97 Å². The van der Waals surface area contributed by atoms with Gasteiger partial charge < -0.3 is 10.4 Å². The standard InChI is InChI=1S/C15H25NO3/c1-2-12(9-11-5-6-11)16-13(17)10-15(14(18)19)7-3-4-8-15/h11-12H,2-10H2,1H3,(H,16,17)(H,18,19). The highest BCUT2D eigenvalue weighted by atomic mass is 16.4. The van der Waals surface area contributed by atoms with Crippen molar-refractivity contribution in [3.63, 3.8) is 0 Å². The first-order chi connectivity index (χ1) is 9.05. The van der Waals surface area contributed by atoms with E-state index in [1.165, 1.54) is 12.8 Å². The first-order valence-electron chi connectivity index (χ1n) is 7.58. The number of carboxylic acids is 1. The van der Waals surface area contributed by atoms with Gasteiger partial charge in [-0.2, -0.15) is 0 Å². The molecule has 1 amide bonds. The van der Waals surface area contributed by atoms with E-state index in [1.807, 2.05) is 0 Å². The normalized spacial score (nSPS) is 23.0. The Balaban J connectivity index is 1.86. The van der Waals surface area contributed by atoms with Crippen LogP contribution in [0.4, 0.5) is 0 Å². The van der Waals surface area contributed by atoms with Gasteiger partial charge in [-0.3, -0.25) is 9.59 Å². The summed E-state index contributed by atoms with van der Waals surface area (Å²) in [5, 5.41) is 12.4. The van der Waals surface area contributed by atoms with Crippen LogP contribution >= 0.6 is 0 Å². The van der Waals surface area contributed by atoms with Crippen LogP contribution in [0, 0.1) is 11.3 Å². The van der Waals surface area contributed by atoms with Crippen molar-refractivity contribution in [3.05, 3.63) is 0 Å². The van der Waals surface area contributed by atoms with E-state index < -0.39 is 11.4 Å². The monoisotopic (exact) mass is 267 g/mol. The number of carboxylic acid groups (broad SMARTS) is 1. The Morgan fingerprint density at radius 3 is 2.42 bits per heavy atom. The Morgan fingerprint density at radius 2 is 1.95 bits per heavy atom. The molecule has 0 aromatic heterocycles. The van der Waals surface area contributed by atoms with Gasteiger partial charge in [-0.1, -0.05) is 32.6 Å². The van der Waals surface area contributed by atoms with Gasteiger partial charge in [0.25, 0.3) is 0 Å². The number of amides is 1. The van der Waals surface area contributed by atoms with E-state index in [0.717, 1.165) is 31.6 Å². The summed E-state index contributed by atoms with van der Waals surface area (Å²) >= 11 is 0. The summed E-state index contributed by atoms with van der Waals surface area (Å²) in [5.41, 5.74) is -0.790. The fourth-order valence-electron chi connectivity index (χ4n) is 3.19. The molecule has 0 aromatic carbocycles. The van der Waals surface area contributed by atoms with Crippen molar-refractivity contribution < 1.29 is 14.7 Å². The van der Waals surface area contributed by atoms with Crippen LogP contribution in [0.15, 0.2) is 0 Å². The summed E-state index contributed by atoms with van der Waals surface area (Å²) in [6.45, 7) is 2.08. The lowest BCUT2D eigenvalue weighted by atomic mass is 9.82. The minimum atomic E-state index is -0.796. The topological polar surface area (TPSA) is 66.4 Å². The minimum Gasteiger partial charge on any atom is -0.481 e. The highest BCUT2D eigenvalue weighted by molar-refractivity contribution is 5.85. The molecule has 0 heterocycles. The average molecular weight is 267 g/mol. The van der Waals surface area contributed by atoms with Crippen molar-refractivity contribution >= 4 is 11.9 Å². The molecule has 2 aliphatic carbocycles. The zero-order chi connectivity index (χ0) is 13.9. The van der Waals surface area contributed by atoms with E-state index in [-0.39, 0.29) is 18.4 Å². The molecule has 2 fully saturated rings. The van der Waals surface area contributed by atoms with Gasteiger partial charge in [0.15, 0.2) is 0 Å². The largest absolute Gasteiger partial charge is 0.481 e. The quantitative estimate of drug-likeness (QED) is 0.745. The van der Waals surface area contributed by atoms with Gasteiger partial charge in [0, 0.05) is 12.5 Å². The van der Waals surface area contributed by atoms with E-state index in [1.54, 1.807) is 0 Å². The molecule has 0 radical (unpaired) electrons. The Labute approximate surface area is 115 Å². The third kappa shape index (κ3) is 3.71. The maximum Gasteiger partial charge on any atom is 0.310 e. The van der Waals surface area contributed by atoms with Gasteiger partial charge in [-0.05, 0) is 31.6 Å². The van der Waals surface area contributed by atoms with Crippen LogP contribution in [0.3, 0.4) is 0 Å². The van der Waals surface area contributed by atoms with Gasteiger partial charge in [0.1, 0.15) is 0 Å². The summed E-state index contributed by atoms with van der Waals surface area (Å²) in [6, 6.07) is 0.229. The third-order valence-corrected chi connectivity index (χ3v) is 4.69. The number of nitrogens with one attached hydrogen (secondary N) is 1. The number of hydrogen-bond acceptors (Lipinski definition) is 2. The fourth-order valence-corrected chi connectivity index (χ4v) is 3.19. The molecule has 108 valence electrons. The van der Waals surface area contributed by atoms with E-state index >= 15 is 0 Å². The van der Waals surface area contributed by atoms with Crippen molar-refractivity contribution in [1.82, 2.24) is 5.32 Å². The second-order valence-corrected chi connectivity index (χ2v) is 6.32. The van der Waals surface area contributed by atoms with Crippen molar-refractivity contribution in [2.45, 2.75) is 70.8 Å². The van der Waals surface area contributed by atoms with E-state index in [4.69, 9.17) is 0 Å². The van der Waals surface area contributed by atoms with Crippen LogP contribution in [0.5, 0.6) is 0 Å². The van der Waals surface area contributed by atoms with Crippen LogP contribution < -0.4 is 5.32 Å². The van der Waals surface area contributed by atoms with Crippen molar-refractivity contribution in [2.75, 3.05) is 0 Å². The summed E-state index contributed by atoms with van der Waals surface area (Å²) in [6.07, 6.45) is 7.87. The van der Waals surface area contributed by atoms with Gasteiger partial charge in [0.2, 0.25) is 5.91 Å². The minimum absolute atomic E-state index is 0.0724. The number of hydrogen-bond donors (Lipinski definition) is 2. The molecule has 0 aliphatic heterocycles. The van der Waals surface area contributed by atoms with Crippen LogP contribution in [0.1, 0.15) is 64.7 Å². The van der Waals surface area contributed by atoms with E-state index in [2.05, 4.69) is 12.2 Å². The molecule has 2 aliphatic rings. The SMILES string of the molecule is CCC(CC1CC1)NC(=O)CC1(C(=O)O)CCCC1. The van der Waals surface area contributed by atoms with Crippen molar-refractivity contribution in [2.24, 2.45) is 11.3 Å². The van der Waals surface area contributed by atoms with Gasteiger partial charge in [0.05, 0.1) is 5.41 Å². The molecule has 0 saturated heterocycles. The molecule has 0 spiro atoms. The predicted molar refractivity (Wildman–Crippen MR) is 72.7 cm³/mol. The highest BCUT2D eigenvalue weighted by Crippen LogP contribution is 2.41. The van der Waals surface area contributed by atoms with Crippen LogP contribution in [-0.4, -0.2) is 23.0 Å². The highest BCUT2D eigenvalue weighted by Gasteiger charge is 2.43. The first-order valence-corrected chi connectivity index (χ1v) is 7.58. The van der Waals surface area contributed by atoms with Crippen molar-refractivity contribution in [3.8, 4) is 0 Å². The molecule has 2 N–H and O–H groups in total. The first kappa shape index (κ1) is 14.4. The molecule has 1 atom stereocenters. The molecule has 0 bridgehead atoms. The third-order valence-electron chi connectivity index (χ3n) is 4.69. The number of aliphatic carboxylic acids is 1. The molecule has 1 unspecified atom stereocenters. The molecular formula is C15H25NO3.